The fourth-order valence-corrected chi connectivity index (χ4v) is 1.19. The van der Waals surface area contributed by atoms with Crippen molar-refractivity contribution in [1.29, 1.82) is 0 Å². The van der Waals surface area contributed by atoms with Crippen molar-refractivity contribution in [2.75, 3.05) is 0 Å². The topological polar surface area (TPSA) is 0 Å². The van der Waals surface area contributed by atoms with E-state index in [4.69, 9.17) is 6.42 Å². The van der Waals surface area contributed by atoms with Crippen LogP contribution in [0.25, 0.3) is 0 Å². The second kappa shape index (κ2) is 3.14. The third-order valence-corrected chi connectivity index (χ3v) is 1.67. The van der Waals surface area contributed by atoms with Crippen LogP contribution in [0.2, 0.25) is 0 Å². The molecule has 0 N–H and O–H groups in total. The summed E-state index contributed by atoms with van der Waals surface area (Å²) < 4.78 is 0. The summed E-state index contributed by atoms with van der Waals surface area (Å²) in [5.41, 5.74) is 2.30. The van der Waals surface area contributed by atoms with Gasteiger partial charge < -0.3 is 0 Å². The fraction of sp³-hybridized carbons (Fsp3) is 0.400. The Bertz CT molecular complexity index is 250. The highest BCUT2D eigenvalue weighted by Gasteiger charge is 2.09. The van der Waals surface area contributed by atoms with Gasteiger partial charge in [0.2, 0.25) is 0 Å². The lowest BCUT2D eigenvalue weighted by Gasteiger charge is -1.87. The molecule has 0 heteroatoms. The van der Waals surface area contributed by atoms with Gasteiger partial charge in [-0.25, -0.2) is 0 Å². The Morgan fingerprint density at radius 1 is 1.30 bits per heavy atom. The van der Waals surface area contributed by atoms with Crippen molar-refractivity contribution >= 4 is 0 Å². The van der Waals surface area contributed by atoms with Crippen molar-refractivity contribution in [3.8, 4) is 24.2 Å². The number of terminal acetylenes is 1. The maximum Gasteiger partial charge on any atom is 0.0136 e. The molecule has 0 saturated heterocycles. The van der Waals surface area contributed by atoms with Crippen molar-refractivity contribution in [2.45, 2.75) is 26.2 Å². The standard InChI is InChI=1S/C10H10/c1-3-6-10-8-5-7-9(10)4-2/h2H,5,7-8H2,1H3. The molecular formula is C10H10. The Morgan fingerprint density at radius 2 is 2.00 bits per heavy atom. The van der Waals surface area contributed by atoms with Crippen LogP contribution in [0.5, 0.6) is 0 Å². The molecular weight excluding hydrogens is 120 g/mol. The van der Waals surface area contributed by atoms with Crippen molar-refractivity contribution in [2.24, 2.45) is 0 Å². The van der Waals surface area contributed by atoms with Crippen LogP contribution in [-0.4, -0.2) is 0 Å². The molecule has 0 heterocycles. The number of rotatable bonds is 0. The van der Waals surface area contributed by atoms with Crippen molar-refractivity contribution in [1.82, 2.24) is 0 Å². The monoisotopic (exact) mass is 130 g/mol. The Morgan fingerprint density at radius 3 is 2.60 bits per heavy atom. The first-order chi connectivity index (χ1) is 4.88. The van der Waals surface area contributed by atoms with Crippen LogP contribution in [0.1, 0.15) is 26.2 Å². The van der Waals surface area contributed by atoms with Crippen LogP contribution in [-0.2, 0) is 0 Å². The zero-order valence-corrected chi connectivity index (χ0v) is 6.20. The van der Waals surface area contributed by atoms with Gasteiger partial charge in [0.1, 0.15) is 0 Å². The van der Waals surface area contributed by atoms with Gasteiger partial charge in [0.05, 0.1) is 0 Å². The van der Waals surface area contributed by atoms with E-state index in [1.807, 2.05) is 6.92 Å². The summed E-state index contributed by atoms with van der Waals surface area (Å²) in [7, 11) is 0. The minimum atomic E-state index is 1.06. The third kappa shape index (κ3) is 1.23. The molecule has 10 heavy (non-hydrogen) atoms. The normalized spacial score (nSPS) is 16.0. The molecule has 0 spiro atoms. The Kier molecular flexibility index (Phi) is 2.19. The first-order valence-corrected chi connectivity index (χ1v) is 3.50. The van der Waals surface area contributed by atoms with Crippen LogP contribution < -0.4 is 0 Å². The highest BCUT2D eigenvalue weighted by Crippen LogP contribution is 2.24. The van der Waals surface area contributed by atoms with E-state index in [-0.39, 0.29) is 0 Å². The summed E-state index contributed by atoms with van der Waals surface area (Å²) in [4.78, 5) is 0. The molecule has 0 unspecified atom stereocenters. The number of hydrogen-bond acceptors (Lipinski definition) is 0. The Labute approximate surface area is 62.3 Å². The smallest absolute Gasteiger partial charge is 0.0136 e. The zero-order valence-electron chi connectivity index (χ0n) is 6.20. The molecule has 0 bridgehead atoms. The van der Waals surface area contributed by atoms with Gasteiger partial charge in [-0.3, -0.25) is 0 Å². The minimum absolute atomic E-state index is 1.06. The first kappa shape index (κ1) is 6.97. The lowest BCUT2D eigenvalue weighted by atomic mass is 10.2. The Hall–Kier alpha value is -1.14. The predicted molar refractivity (Wildman–Crippen MR) is 43.2 cm³/mol. The third-order valence-electron chi connectivity index (χ3n) is 1.67. The van der Waals surface area contributed by atoms with Gasteiger partial charge in [0.25, 0.3) is 0 Å². The van der Waals surface area contributed by atoms with E-state index >= 15 is 0 Å². The van der Waals surface area contributed by atoms with E-state index < -0.39 is 0 Å². The van der Waals surface area contributed by atoms with Gasteiger partial charge in [0.15, 0.2) is 0 Å². The summed E-state index contributed by atoms with van der Waals surface area (Å²) in [5.74, 6) is 8.58. The zero-order chi connectivity index (χ0) is 7.40. The highest BCUT2D eigenvalue weighted by atomic mass is 14.1. The highest BCUT2D eigenvalue weighted by molar-refractivity contribution is 5.44. The van der Waals surface area contributed by atoms with Gasteiger partial charge in [-0.1, -0.05) is 11.8 Å². The molecule has 50 valence electrons. The number of hydrogen-bond donors (Lipinski definition) is 0. The van der Waals surface area contributed by atoms with Crippen LogP contribution in [0.15, 0.2) is 11.1 Å². The van der Waals surface area contributed by atoms with Gasteiger partial charge in [-0.15, -0.1) is 12.3 Å². The van der Waals surface area contributed by atoms with Crippen LogP contribution >= 0.6 is 0 Å². The molecule has 0 atom stereocenters. The lowest BCUT2D eigenvalue weighted by molar-refractivity contribution is 0.910. The fourth-order valence-electron chi connectivity index (χ4n) is 1.19. The van der Waals surface area contributed by atoms with Gasteiger partial charge in [-0.2, -0.15) is 0 Å². The van der Waals surface area contributed by atoms with Crippen molar-refractivity contribution < 1.29 is 0 Å². The van der Waals surface area contributed by atoms with E-state index in [2.05, 4.69) is 17.8 Å². The maximum atomic E-state index is 5.28. The molecule has 0 aromatic carbocycles. The molecule has 0 saturated carbocycles. The molecule has 0 aromatic rings. The predicted octanol–water partition coefficient (Wildman–Crippen LogP) is 2.12. The summed E-state index contributed by atoms with van der Waals surface area (Å²) in [6.07, 6.45) is 8.60. The van der Waals surface area contributed by atoms with E-state index in [0.29, 0.717) is 0 Å². The molecule has 0 amide bonds. The molecule has 0 fully saturated rings. The Balaban J connectivity index is 2.88. The SMILES string of the molecule is C#CC1=C(C#CC)CCC1. The largest absolute Gasteiger partial charge is 0.115 e. The van der Waals surface area contributed by atoms with E-state index in [1.54, 1.807) is 0 Å². The lowest BCUT2D eigenvalue weighted by Crippen LogP contribution is -1.74. The molecule has 0 aliphatic heterocycles. The minimum Gasteiger partial charge on any atom is -0.115 e. The van der Waals surface area contributed by atoms with Gasteiger partial charge in [-0.05, 0) is 26.2 Å². The van der Waals surface area contributed by atoms with Gasteiger partial charge >= 0.3 is 0 Å². The number of allylic oxidation sites excluding steroid dienone is 2. The second-order valence-electron chi connectivity index (χ2n) is 2.33. The summed E-state index contributed by atoms with van der Waals surface area (Å²) in [6, 6.07) is 0. The molecule has 0 nitrogen and oxygen atoms in total. The molecule has 1 rings (SSSR count). The molecule has 0 radical (unpaired) electrons. The van der Waals surface area contributed by atoms with Crippen LogP contribution in [0, 0.1) is 24.2 Å². The summed E-state index contributed by atoms with van der Waals surface area (Å²) in [5, 5.41) is 0. The molecule has 1 aliphatic rings. The van der Waals surface area contributed by atoms with Crippen molar-refractivity contribution in [3.63, 3.8) is 0 Å². The molecule has 1 aliphatic carbocycles. The summed E-state index contributed by atoms with van der Waals surface area (Å²) in [6.45, 7) is 1.85. The molecule has 0 aromatic heterocycles. The van der Waals surface area contributed by atoms with Gasteiger partial charge in [0, 0.05) is 11.1 Å². The van der Waals surface area contributed by atoms with E-state index in [9.17, 15) is 0 Å². The van der Waals surface area contributed by atoms with E-state index in [0.717, 1.165) is 18.4 Å². The average Bonchev–Trinajstić information content (AvgIpc) is 2.36. The first-order valence-electron chi connectivity index (χ1n) is 3.50. The summed E-state index contributed by atoms with van der Waals surface area (Å²) >= 11 is 0. The average molecular weight is 130 g/mol. The second-order valence-corrected chi connectivity index (χ2v) is 2.33. The van der Waals surface area contributed by atoms with Crippen LogP contribution in [0.3, 0.4) is 0 Å². The van der Waals surface area contributed by atoms with Crippen molar-refractivity contribution in [3.05, 3.63) is 11.1 Å². The maximum absolute atomic E-state index is 5.28. The quantitative estimate of drug-likeness (QED) is 0.441. The van der Waals surface area contributed by atoms with E-state index in [1.165, 1.54) is 12.0 Å². The van der Waals surface area contributed by atoms with Crippen LogP contribution in [0.4, 0.5) is 0 Å².